The molecule has 2 aliphatic carbocycles. The Kier molecular flexibility index (Phi) is 8.09. The molecule has 224 valence electrons. The lowest BCUT2D eigenvalue weighted by atomic mass is 9.89. The summed E-state index contributed by atoms with van der Waals surface area (Å²) < 4.78 is 10.8. The Labute approximate surface area is 258 Å². The molecule has 4 aromatic carbocycles. The molecule has 0 bridgehead atoms. The van der Waals surface area contributed by atoms with Crippen LogP contribution in [0.2, 0.25) is 0 Å². The van der Waals surface area contributed by atoms with Crippen molar-refractivity contribution in [2.75, 3.05) is 13.2 Å². The molecule has 8 nitrogen and oxygen atoms in total. The highest BCUT2D eigenvalue weighted by Crippen LogP contribution is 2.46. The molecular formula is C35H29ClO8. The van der Waals surface area contributed by atoms with Gasteiger partial charge < -0.3 is 24.8 Å². The van der Waals surface area contributed by atoms with Gasteiger partial charge in [0.2, 0.25) is 5.24 Å². The van der Waals surface area contributed by atoms with E-state index in [4.69, 9.17) is 21.1 Å². The lowest BCUT2D eigenvalue weighted by Crippen LogP contribution is -2.58. The Balaban J connectivity index is 1.16. The number of rotatable bonds is 10. The summed E-state index contributed by atoms with van der Waals surface area (Å²) in [4.78, 5) is 38.1. The quantitative estimate of drug-likeness (QED) is 0.178. The number of aliphatic hydroxyl groups is 3. The molecule has 3 N–H and O–H groups in total. The number of esters is 2. The van der Waals surface area contributed by atoms with Crippen LogP contribution in [0.4, 0.5) is 0 Å². The number of carbonyl (C=O) groups excluding carboxylic acids is 3. The number of hydrogen-bond donors (Lipinski definition) is 3. The van der Waals surface area contributed by atoms with E-state index in [0.29, 0.717) is 0 Å². The predicted octanol–water partition coefficient (Wildman–Crippen LogP) is 4.31. The van der Waals surface area contributed by atoms with Crippen LogP contribution in [0, 0.1) is 0 Å². The topological polar surface area (TPSA) is 130 Å². The lowest BCUT2D eigenvalue weighted by Gasteiger charge is -2.32. The van der Waals surface area contributed by atoms with Gasteiger partial charge >= 0.3 is 11.9 Å². The normalized spacial score (nSPS) is 16.1. The maximum Gasteiger partial charge on any atom is 0.341 e. The molecule has 0 fully saturated rings. The molecule has 9 heteroatoms. The van der Waals surface area contributed by atoms with Gasteiger partial charge in [0, 0.05) is 11.8 Å². The average molecular weight is 613 g/mol. The fourth-order valence-electron chi connectivity index (χ4n) is 6.31. The summed E-state index contributed by atoms with van der Waals surface area (Å²) in [6.07, 6.45) is -5.97. The van der Waals surface area contributed by atoms with E-state index in [9.17, 15) is 29.7 Å². The highest BCUT2D eigenvalue weighted by molar-refractivity contribution is 6.63. The molecule has 0 heterocycles. The van der Waals surface area contributed by atoms with Gasteiger partial charge in [-0.1, -0.05) is 97.1 Å². The smallest absolute Gasteiger partial charge is 0.341 e. The molecule has 1 unspecified atom stereocenters. The van der Waals surface area contributed by atoms with Crippen LogP contribution < -0.4 is 0 Å². The van der Waals surface area contributed by atoms with E-state index in [1.165, 1.54) is 0 Å². The molecule has 0 aromatic heterocycles. The fraction of sp³-hybridized carbons (Fsp3) is 0.229. The number of hydrogen-bond acceptors (Lipinski definition) is 8. The van der Waals surface area contributed by atoms with Crippen LogP contribution in [0.1, 0.15) is 40.5 Å². The molecule has 44 heavy (non-hydrogen) atoms. The van der Waals surface area contributed by atoms with Crippen LogP contribution in [0.5, 0.6) is 0 Å². The van der Waals surface area contributed by atoms with Crippen LogP contribution in [0.25, 0.3) is 22.3 Å². The van der Waals surface area contributed by atoms with E-state index in [1.807, 2.05) is 97.1 Å². The van der Waals surface area contributed by atoms with E-state index in [2.05, 4.69) is 0 Å². The predicted molar refractivity (Wildman–Crippen MR) is 162 cm³/mol. The second kappa shape index (κ2) is 12.0. The van der Waals surface area contributed by atoms with Crippen molar-refractivity contribution in [1.82, 2.24) is 0 Å². The second-order valence-corrected chi connectivity index (χ2v) is 11.5. The summed E-state index contributed by atoms with van der Waals surface area (Å²) in [5, 5.41) is 31.7. The maximum absolute atomic E-state index is 13.3. The van der Waals surface area contributed by atoms with Crippen LogP contribution >= 0.6 is 11.6 Å². The average Bonchev–Trinajstić information content (AvgIpc) is 3.53. The molecule has 0 saturated carbocycles. The zero-order valence-electron chi connectivity index (χ0n) is 23.4. The van der Waals surface area contributed by atoms with Crippen LogP contribution in [0.3, 0.4) is 0 Å². The first-order chi connectivity index (χ1) is 21.2. The number of halogens is 1. The largest absolute Gasteiger partial charge is 0.463 e. The molecule has 0 aliphatic heterocycles. The van der Waals surface area contributed by atoms with E-state index in [-0.39, 0.29) is 25.0 Å². The number of ether oxygens (including phenoxy) is 2. The summed E-state index contributed by atoms with van der Waals surface area (Å²) in [5.74, 6) is -3.41. The minimum atomic E-state index is -3.03. The van der Waals surface area contributed by atoms with Gasteiger partial charge in [0.15, 0.2) is 11.7 Å². The van der Waals surface area contributed by atoms with Crippen molar-refractivity contribution in [2.24, 2.45) is 0 Å². The molecule has 0 radical (unpaired) electrons. The molecule has 3 atom stereocenters. The van der Waals surface area contributed by atoms with Gasteiger partial charge in [-0.15, -0.1) is 0 Å². The summed E-state index contributed by atoms with van der Waals surface area (Å²) in [7, 11) is 0. The molecular weight excluding hydrogens is 584 g/mol. The SMILES string of the molecule is O=C(Cl)C[C@@](O)(C(=O)OCC1c2ccccc2-c2ccccc21)[C@H](O)C(O)C(=O)OCC1c2ccccc2-c2ccccc21. The van der Waals surface area contributed by atoms with E-state index >= 15 is 0 Å². The minimum Gasteiger partial charge on any atom is -0.463 e. The number of fused-ring (bicyclic) bond motifs is 6. The maximum atomic E-state index is 13.3. The first-order valence-corrected chi connectivity index (χ1v) is 14.6. The van der Waals surface area contributed by atoms with Gasteiger partial charge in [-0.25, -0.2) is 9.59 Å². The molecule has 2 aliphatic rings. The van der Waals surface area contributed by atoms with Crippen molar-refractivity contribution >= 4 is 28.8 Å². The van der Waals surface area contributed by atoms with Crippen molar-refractivity contribution in [1.29, 1.82) is 0 Å². The number of benzene rings is 4. The molecule has 4 aromatic rings. The number of aliphatic hydroxyl groups excluding tert-OH is 2. The molecule has 0 saturated heterocycles. The van der Waals surface area contributed by atoms with Crippen molar-refractivity contribution < 1.29 is 39.2 Å². The first-order valence-electron chi connectivity index (χ1n) is 14.2. The van der Waals surface area contributed by atoms with E-state index in [0.717, 1.165) is 44.5 Å². The lowest BCUT2D eigenvalue weighted by molar-refractivity contribution is -0.196. The zero-order valence-corrected chi connectivity index (χ0v) is 24.2. The van der Waals surface area contributed by atoms with Gasteiger partial charge in [0.1, 0.15) is 19.3 Å². The van der Waals surface area contributed by atoms with Gasteiger partial charge in [-0.3, -0.25) is 4.79 Å². The number of carbonyl (C=O) groups is 3. The summed E-state index contributed by atoms with van der Waals surface area (Å²) in [5.41, 5.74) is 4.57. The summed E-state index contributed by atoms with van der Waals surface area (Å²) >= 11 is 5.52. The third-order valence-electron chi connectivity index (χ3n) is 8.49. The third-order valence-corrected chi connectivity index (χ3v) is 8.62. The van der Waals surface area contributed by atoms with Gasteiger partial charge in [-0.05, 0) is 56.1 Å². The first kappa shape index (κ1) is 29.7. The third kappa shape index (κ3) is 5.20. The van der Waals surface area contributed by atoms with E-state index in [1.54, 1.807) is 0 Å². The van der Waals surface area contributed by atoms with Gasteiger partial charge in [-0.2, -0.15) is 0 Å². The highest BCUT2D eigenvalue weighted by Gasteiger charge is 2.52. The van der Waals surface area contributed by atoms with Crippen molar-refractivity contribution in [2.45, 2.75) is 36.1 Å². The molecule has 0 amide bonds. The summed E-state index contributed by atoms with van der Waals surface area (Å²) in [6, 6.07) is 30.5. The van der Waals surface area contributed by atoms with Crippen LogP contribution in [-0.2, 0) is 23.9 Å². The Bertz CT molecular complexity index is 1660. The van der Waals surface area contributed by atoms with Gasteiger partial charge in [0.05, 0.1) is 6.42 Å². The summed E-state index contributed by atoms with van der Waals surface area (Å²) in [6.45, 7) is -0.409. The Hall–Kier alpha value is -4.34. The standard InChI is InChI=1S/C35H29ClO8/c36-30(37)17-35(42,34(41)44-19-29-26-15-7-3-11-22(26)23-12-4-8-16-27(23)29)32(39)31(38)33(40)43-18-28-24-13-5-1-9-20(24)21-10-2-6-14-25(21)28/h1-16,28-29,31-32,38-39,42H,17-19H2/t31?,32-,35+/m1/s1. The zero-order chi connectivity index (χ0) is 31.0. The van der Waals surface area contributed by atoms with Crippen LogP contribution in [0.15, 0.2) is 97.1 Å². The van der Waals surface area contributed by atoms with Gasteiger partial charge in [0.25, 0.3) is 0 Å². The fourth-order valence-corrected chi connectivity index (χ4v) is 6.52. The van der Waals surface area contributed by atoms with Crippen LogP contribution in [-0.4, -0.2) is 63.5 Å². The Morgan fingerprint density at radius 1 is 0.659 bits per heavy atom. The highest BCUT2D eigenvalue weighted by atomic mass is 35.5. The second-order valence-electron chi connectivity index (χ2n) is 11.0. The molecule has 6 rings (SSSR count). The van der Waals surface area contributed by atoms with Crippen molar-refractivity contribution in [3.05, 3.63) is 119 Å². The van der Waals surface area contributed by atoms with Crippen molar-refractivity contribution in [3.63, 3.8) is 0 Å². The Morgan fingerprint density at radius 3 is 1.41 bits per heavy atom. The monoisotopic (exact) mass is 612 g/mol. The van der Waals surface area contributed by atoms with Crippen molar-refractivity contribution in [3.8, 4) is 22.3 Å². The molecule has 0 spiro atoms. The van der Waals surface area contributed by atoms with E-state index < -0.39 is 41.4 Å². The minimum absolute atomic E-state index is 0.172. The Morgan fingerprint density at radius 2 is 1.02 bits per heavy atom.